The van der Waals surface area contributed by atoms with E-state index in [9.17, 15) is 18.0 Å². The molecule has 2 aromatic heterocycles. The third-order valence-electron chi connectivity index (χ3n) is 4.85. The number of anilines is 3. The quantitative estimate of drug-likeness (QED) is 0.409. The molecular formula is C20H24F3N7O. The van der Waals surface area contributed by atoms with E-state index in [2.05, 4.69) is 20.7 Å². The predicted molar refractivity (Wildman–Crippen MR) is 113 cm³/mol. The van der Waals surface area contributed by atoms with Crippen molar-refractivity contribution in [3.05, 3.63) is 41.8 Å². The van der Waals surface area contributed by atoms with E-state index in [1.807, 2.05) is 6.92 Å². The molecule has 0 saturated carbocycles. The molecule has 1 aromatic carbocycles. The molecule has 0 saturated heterocycles. The Morgan fingerprint density at radius 1 is 1.26 bits per heavy atom. The van der Waals surface area contributed by atoms with Gasteiger partial charge in [0.05, 0.1) is 17.3 Å². The molecule has 0 aliphatic heterocycles. The van der Waals surface area contributed by atoms with E-state index in [4.69, 9.17) is 11.5 Å². The van der Waals surface area contributed by atoms with Gasteiger partial charge in [-0.1, -0.05) is 6.92 Å². The first-order valence-electron chi connectivity index (χ1n) is 9.72. The van der Waals surface area contributed by atoms with Crippen LogP contribution in [0.5, 0.6) is 0 Å². The van der Waals surface area contributed by atoms with Crippen LogP contribution in [0.3, 0.4) is 0 Å². The van der Waals surface area contributed by atoms with Crippen molar-refractivity contribution < 1.29 is 18.0 Å². The molecule has 3 aromatic rings. The maximum absolute atomic E-state index is 14.5. The van der Waals surface area contributed by atoms with E-state index in [1.54, 1.807) is 25.1 Å². The minimum Gasteiger partial charge on any atom is -0.365 e. The van der Waals surface area contributed by atoms with E-state index < -0.39 is 24.7 Å². The summed E-state index contributed by atoms with van der Waals surface area (Å²) in [6.07, 6.45) is -0.438. The molecule has 0 aliphatic carbocycles. The van der Waals surface area contributed by atoms with Crippen LogP contribution in [0.1, 0.15) is 30.6 Å². The lowest BCUT2D eigenvalue weighted by molar-refractivity contribution is 0.1000. The maximum atomic E-state index is 14.5. The summed E-state index contributed by atoms with van der Waals surface area (Å²) in [5, 5.41) is 10.5. The molecule has 0 fully saturated rings. The van der Waals surface area contributed by atoms with Crippen LogP contribution in [0, 0.1) is 5.82 Å². The molecule has 166 valence electrons. The highest BCUT2D eigenvalue weighted by Crippen LogP contribution is 2.27. The fourth-order valence-corrected chi connectivity index (χ4v) is 3.23. The minimum absolute atomic E-state index is 0.0512. The van der Waals surface area contributed by atoms with Gasteiger partial charge in [-0.2, -0.15) is 5.10 Å². The van der Waals surface area contributed by atoms with E-state index >= 15 is 0 Å². The number of nitrogens with zero attached hydrogens (tertiary/aromatic N) is 3. The first kappa shape index (κ1) is 22.3. The van der Waals surface area contributed by atoms with Gasteiger partial charge in [-0.15, -0.1) is 0 Å². The number of hydrogen-bond donors (Lipinski definition) is 4. The zero-order valence-electron chi connectivity index (χ0n) is 17.1. The summed E-state index contributed by atoms with van der Waals surface area (Å²) in [6.45, 7) is 3.17. The van der Waals surface area contributed by atoms with Crippen LogP contribution in [0.25, 0.3) is 10.9 Å². The van der Waals surface area contributed by atoms with Gasteiger partial charge in [-0.3, -0.25) is 9.48 Å². The largest absolute Gasteiger partial charge is 0.365 e. The molecule has 2 heterocycles. The molecule has 31 heavy (non-hydrogen) atoms. The van der Waals surface area contributed by atoms with Gasteiger partial charge < -0.3 is 22.1 Å². The number of rotatable bonds is 9. The molecule has 0 aliphatic rings. The highest BCUT2D eigenvalue weighted by atomic mass is 19.3. The number of carbonyl (C=O) groups is 1. The van der Waals surface area contributed by atoms with Gasteiger partial charge in [-0.05, 0) is 37.6 Å². The zero-order valence-corrected chi connectivity index (χ0v) is 17.1. The summed E-state index contributed by atoms with van der Waals surface area (Å²) in [6, 6.07) is 5.41. The molecular weight excluding hydrogens is 411 g/mol. The Kier molecular flexibility index (Phi) is 6.64. The molecule has 3 rings (SSSR count). The van der Waals surface area contributed by atoms with Gasteiger partial charge in [0.25, 0.3) is 12.3 Å². The van der Waals surface area contributed by atoms with Crippen LogP contribution in [0.15, 0.2) is 30.5 Å². The first-order chi connectivity index (χ1) is 14.7. The first-order valence-corrected chi connectivity index (χ1v) is 9.72. The maximum Gasteiger partial charge on any atom is 0.257 e. The van der Waals surface area contributed by atoms with Crippen LogP contribution < -0.4 is 22.1 Å². The van der Waals surface area contributed by atoms with Crippen LogP contribution >= 0.6 is 0 Å². The third-order valence-corrected chi connectivity index (χ3v) is 4.85. The zero-order chi connectivity index (χ0) is 22.7. The average Bonchev–Trinajstić information content (AvgIpc) is 3.08. The number of pyridine rings is 1. The summed E-state index contributed by atoms with van der Waals surface area (Å²) >= 11 is 0. The summed E-state index contributed by atoms with van der Waals surface area (Å²) in [7, 11) is 0. The number of benzene rings is 1. The van der Waals surface area contributed by atoms with Gasteiger partial charge >= 0.3 is 0 Å². The number of halogens is 3. The Labute approximate surface area is 176 Å². The summed E-state index contributed by atoms with van der Waals surface area (Å²) in [5.74, 6) is -1.61. The van der Waals surface area contributed by atoms with Crippen molar-refractivity contribution >= 4 is 34.1 Å². The topological polar surface area (TPSA) is 124 Å². The van der Waals surface area contributed by atoms with E-state index in [0.717, 1.165) is 6.07 Å². The van der Waals surface area contributed by atoms with Gasteiger partial charge in [0, 0.05) is 23.2 Å². The number of nitrogens with two attached hydrogens (primary N) is 2. The van der Waals surface area contributed by atoms with Crippen molar-refractivity contribution in [3.63, 3.8) is 0 Å². The van der Waals surface area contributed by atoms with Crippen molar-refractivity contribution in [3.8, 4) is 0 Å². The van der Waals surface area contributed by atoms with Gasteiger partial charge in [0.1, 0.15) is 12.4 Å². The average molecular weight is 435 g/mol. The molecule has 2 atom stereocenters. The standard InChI is InChI=1S/C20H24F3N7O/c1-3-15(10(2)24)28-20-14(21)7-13(18(25)31)19(29-20)27-12-4-5-16-11(6-12)8-26-30(16)9-17(22)23/h4-8,10,15,17H,3,9,24H2,1-2H3,(H2,25,31)(H2,27,28,29)/t10-,15+/m0/s1. The Bertz CT molecular complexity index is 1080. The second kappa shape index (κ2) is 9.21. The van der Waals surface area contributed by atoms with Gasteiger partial charge in [0.15, 0.2) is 11.6 Å². The Hall–Kier alpha value is -3.34. The second-order valence-corrected chi connectivity index (χ2v) is 7.21. The molecule has 0 unspecified atom stereocenters. The van der Waals surface area contributed by atoms with Crippen LogP contribution in [-0.2, 0) is 6.54 Å². The minimum atomic E-state index is -2.53. The molecule has 0 radical (unpaired) electrons. The predicted octanol–water partition coefficient (Wildman–Crippen LogP) is 3.22. The fraction of sp³-hybridized carbons (Fsp3) is 0.350. The van der Waals surface area contributed by atoms with Crippen molar-refractivity contribution in [2.24, 2.45) is 11.5 Å². The molecule has 0 bridgehead atoms. The number of amides is 1. The second-order valence-electron chi connectivity index (χ2n) is 7.21. The van der Waals surface area contributed by atoms with Crippen LogP contribution in [-0.4, -0.2) is 39.2 Å². The Morgan fingerprint density at radius 3 is 2.61 bits per heavy atom. The lowest BCUT2D eigenvalue weighted by atomic mass is 10.1. The monoisotopic (exact) mass is 435 g/mol. The number of alkyl halides is 2. The van der Waals surface area contributed by atoms with Crippen LogP contribution in [0.2, 0.25) is 0 Å². The molecule has 0 spiro atoms. The van der Waals surface area contributed by atoms with Crippen LogP contribution in [0.4, 0.5) is 30.5 Å². The van der Waals surface area contributed by atoms with Crippen molar-refractivity contribution in [2.75, 3.05) is 10.6 Å². The highest BCUT2D eigenvalue weighted by Gasteiger charge is 2.20. The SMILES string of the molecule is CC[C@@H](Nc1nc(Nc2ccc3c(cnn3CC(F)F)c2)c(C(N)=O)cc1F)[C@H](C)N. The number of primary amides is 1. The van der Waals surface area contributed by atoms with E-state index in [1.165, 1.54) is 10.9 Å². The molecule has 8 nitrogen and oxygen atoms in total. The molecule has 1 amide bonds. The number of aromatic nitrogens is 3. The Balaban J connectivity index is 1.95. The van der Waals surface area contributed by atoms with Crippen molar-refractivity contribution in [2.45, 2.75) is 45.3 Å². The van der Waals surface area contributed by atoms with E-state index in [-0.39, 0.29) is 29.3 Å². The molecule has 11 heteroatoms. The highest BCUT2D eigenvalue weighted by molar-refractivity contribution is 5.99. The van der Waals surface area contributed by atoms with Gasteiger partial charge in [-0.25, -0.2) is 18.2 Å². The summed E-state index contributed by atoms with van der Waals surface area (Å²) in [5.41, 5.74) is 12.2. The summed E-state index contributed by atoms with van der Waals surface area (Å²) < 4.78 is 41.1. The summed E-state index contributed by atoms with van der Waals surface area (Å²) in [4.78, 5) is 16.0. The van der Waals surface area contributed by atoms with Gasteiger partial charge in [0.2, 0.25) is 0 Å². The lowest BCUT2D eigenvalue weighted by Crippen LogP contribution is -2.38. The number of carbonyl (C=O) groups excluding carboxylic acids is 1. The number of fused-ring (bicyclic) bond motifs is 1. The lowest BCUT2D eigenvalue weighted by Gasteiger charge is -2.22. The number of nitrogens with one attached hydrogen (secondary N) is 2. The molecule has 6 N–H and O–H groups in total. The third kappa shape index (κ3) is 5.05. The van der Waals surface area contributed by atoms with E-state index in [0.29, 0.717) is 23.0 Å². The smallest absolute Gasteiger partial charge is 0.257 e. The van der Waals surface area contributed by atoms with Crippen molar-refractivity contribution in [1.82, 2.24) is 14.8 Å². The fourth-order valence-electron chi connectivity index (χ4n) is 3.23. The number of hydrogen-bond acceptors (Lipinski definition) is 6. The normalized spacial score (nSPS) is 13.4. The van der Waals surface area contributed by atoms with Crippen molar-refractivity contribution in [1.29, 1.82) is 0 Å². The Morgan fingerprint density at radius 2 is 2.00 bits per heavy atom.